The van der Waals surface area contributed by atoms with Gasteiger partial charge in [0.15, 0.2) is 0 Å². The lowest BCUT2D eigenvalue weighted by Crippen LogP contribution is -2.15. The molecule has 2 rings (SSSR count). The second-order valence-electron chi connectivity index (χ2n) is 3.00. The molecule has 0 aliphatic heterocycles. The van der Waals surface area contributed by atoms with Crippen LogP contribution in [0.2, 0.25) is 5.02 Å². The fraction of sp³-hybridized carbons (Fsp3) is 0. The van der Waals surface area contributed by atoms with Crippen LogP contribution >= 0.6 is 11.6 Å². The minimum absolute atomic E-state index is 0.0921. The Morgan fingerprint density at radius 1 is 1.38 bits per heavy atom. The van der Waals surface area contributed by atoms with Gasteiger partial charge >= 0.3 is 0 Å². The highest BCUT2D eigenvalue weighted by Crippen LogP contribution is 2.22. The Morgan fingerprint density at radius 3 is 2.69 bits per heavy atom. The Kier molecular flexibility index (Phi) is 2.66. The molecule has 8 heteroatoms. The van der Waals surface area contributed by atoms with Crippen LogP contribution in [0, 0.1) is 0 Å². The van der Waals surface area contributed by atoms with Crippen LogP contribution in [0.5, 0.6) is 0 Å². The average molecular weight is 259 g/mol. The Balaban J connectivity index is 2.72. The van der Waals surface area contributed by atoms with Gasteiger partial charge in [-0.3, -0.25) is 0 Å². The van der Waals surface area contributed by atoms with Crippen molar-refractivity contribution in [2.75, 3.05) is 0 Å². The van der Waals surface area contributed by atoms with Gasteiger partial charge in [0.1, 0.15) is 17.6 Å². The number of nitrogens with two attached hydrogens (primary N) is 1. The van der Waals surface area contributed by atoms with Crippen molar-refractivity contribution in [3.8, 4) is 5.69 Å². The molecule has 0 saturated carbocycles. The van der Waals surface area contributed by atoms with E-state index < -0.39 is 10.0 Å². The smallest absolute Gasteiger partial charge is 0.225 e. The van der Waals surface area contributed by atoms with E-state index in [-0.39, 0.29) is 9.92 Å². The zero-order valence-electron chi connectivity index (χ0n) is 7.91. The third-order valence-electron chi connectivity index (χ3n) is 1.89. The van der Waals surface area contributed by atoms with E-state index in [1.54, 1.807) is 6.07 Å². The zero-order valence-corrected chi connectivity index (χ0v) is 9.48. The predicted molar refractivity (Wildman–Crippen MR) is 57.7 cm³/mol. The summed E-state index contributed by atoms with van der Waals surface area (Å²) in [6, 6.07) is 4.33. The van der Waals surface area contributed by atoms with Crippen LogP contribution in [0.25, 0.3) is 5.69 Å². The molecule has 0 atom stereocenters. The molecule has 2 N–H and O–H groups in total. The molecule has 0 spiro atoms. The van der Waals surface area contributed by atoms with E-state index in [0.717, 1.165) is 0 Å². The van der Waals surface area contributed by atoms with Crippen molar-refractivity contribution in [3.05, 3.63) is 35.9 Å². The van der Waals surface area contributed by atoms with Gasteiger partial charge in [-0.05, 0) is 18.2 Å². The van der Waals surface area contributed by atoms with Crippen molar-refractivity contribution in [1.29, 1.82) is 0 Å². The summed E-state index contributed by atoms with van der Waals surface area (Å²) in [7, 11) is -3.86. The maximum atomic E-state index is 11.4. The summed E-state index contributed by atoms with van der Waals surface area (Å²) in [6.07, 6.45) is 2.67. The van der Waals surface area contributed by atoms with Crippen LogP contribution in [0.15, 0.2) is 35.7 Å². The molecule has 1 heterocycles. The van der Waals surface area contributed by atoms with Crippen LogP contribution in [-0.4, -0.2) is 23.2 Å². The lowest BCUT2D eigenvalue weighted by atomic mass is 10.3. The van der Waals surface area contributed by atoms with Gasteiger partial charge in [-0.15, -0.1) is 0 Å². The van der Waals surface area contributed by atoms with E-state index >= 15 is 0 Å². The second kappa shape index (κ2) is 3.85. The predicted octanol–water partition coefficient (Wildman–Crippen LogP) is 0.568. The molecule has 1 aromatic heterocycles. The first-order valence-electron chi connectivity index (χ1n) is 4.16. The van der Waals surface area contributed by atoms with E-state index in [9.17, 15) is 8.42 Å². The van der Waals surface area contributed by atoms with Gasteiger partial charge < -0.3 is 0 Å². The summed E-state index contributed by atoms with van der Waals surface area (Å²) in [4.78, 5) is 3.64. The van der Waals surface area contributed by atoms with Crippen molar-refractivity contribution >= 4 is 21.6 Å². The van der Waals surface area contributed by atoms with Crippen LogP contribution in [0.1, 0.15) is 0 Å². The normalized spacial score (nSPS) is 11.6. The third-order valence-corrected chi connectivity index (χ3v) is 3.07. The number of halogens is 1. The number of benzene rings is 1. The Morgan fingerprint density at radius 2 is 2.12 bits per heavy atom. The van der Waals surface area contributed by atoms with Gasteiger partial charge in [0.2, 0.25) is 10.0 Å². The molecule has 16 heavy (non-hydrogen) atoms. The Labute approximate surface area is 96.7 Å². The van der Waals surface area contributed by atoms with Crippen molar-refractivity contribution in [2.45, 2.75) is 4.90 Å². The lowest BCUT2D eigenvalue weighted by molar-refractivity contribution is 0.596. The molecule has 0 bridgehead atoms. The fourth-order valence-electron chi connectivity index (χ4n) is 1.24. The summed E-state index contributed by atoms with van der Waals surface area (Å²) in [5.74, 6) is 0. The molecule has 6 nitrogen and oxygen atoms in total. The molecule has 0 radical (unpaired) electrons. The molecule has 0 unspecified atom stereocenters. The average Bonchev–Trinajstić information content (AvgIpc) is 2.69. The number of hydrogen-bond acceptors (Lipinski definition) is 4. The highest BCUT2D eigenvalue weighted by molar-refractivity contribution is 7.89. The minimum Gasteiger partial charge on any atom is -0.225 e. The molecule has 0 amide bonds. The first-order chi connectivity index (χ1) is 7.48. The van der Waals surface area contributed by atoms with Gasteiger partial charge in [-0.1, -0.05) is 11.6 Å². The van der Waals surface area contributed by atoms with Gasteiger partial charge in [-0.2, -0.15) is 5.10 Å². The van der Waals surface area contributed by atoms with Crippen molar-refractivity contribution < 1.29 is 8.42 Å². The standard InChI is InChI=1S/C8H7ClN4O2S/c9-6-1-2-7(13-5-11-4-12-13)8(3-6)16(10,14)15/h1-5H,(H2,10,14,15). The summed E-state index contributed by atoms with van der Waals surface area (Å²) in [5, 5.41) is 9.20. The zero-order chi connectivity index (χ0) is 11.8. The van der Waals surface area contributed by atoms with E-state index in [4.69, 9.17) is 16.7 Å². The first kappa shape index (κ1) is 11.1. The van der Waals surface area contributed by atoms with Gasteiger partial charge in [0.05, 0.1) is 5.69 Å². The molecule has 0 aliphatic carbocycles. The topological polar surface area (TPSA) is 90.9 Å². The molecular weight excluding hydrogens is 252 g/mol. The molecule has 0 saturated heterocycles. The summed E-state index contributed by atoms with van der Waals surface area (Å²) < 4.78 is 24.0. The van der Waals surface area contributed by atoms with Crippen molar-refractivity contribution in [1.82, 2.24) is 14.8 Å². The monoisotopic (exact) mass is 258 g/mol. The van der Waals surface area contributed by atoms with Crippen LogP contribution < -0.4 is 5.14 Å². The Hall–Kier alpha value is -1.44. The fourth-order valence-corrected chi connectivity index (χ4v) is 2.22. The first-order valence-corrected chi connectivity index (χ1v) is 6.08. The third kappa shape index (κ3) is 2.06. The number of primary sulfonamides is 1. The number of hydrogen-bond donors (Lipinski definition) is 1. The SMILES string of the molecule is NS(=O)(=O)c1cc(Cl)ccc1-n1cncn1. The van der Waals surface area contributed by atoms with Crippen LogP contribution in [0.4, 0.5) is 0 Å². The number of nitrogens with zero attached hydrogens (tertiary/aromatic N) is 3. The van der Waals surface area contributed by atoms with Crippen LogP contribution in [0.3, 0.4) is 0 Å². The van der Waals surface area contributed by atoms with Gasteiger partial charge in [0, 0.05) is 5.02 Å². The van der Waals surface area contributed by atoms with Crippen molar-refractivity contribution in [3.63, 3.8) is 0 Å². The maximum Gasteiger partial charge on any atom is 0.240 e. The molecule has 84 valence electrons. The summed E-state index contributed by atoms with van der Waals surface area (Å²) in [6.45, 7) is 0. The second-order valence-corrected chi connectivity index (χ2v) is 4.96. The van der Waals surface area contributed by atoms with Crippen LogP contribution in [-0.2, 0) is 10.0 Å². The summed E-state index contributed by atoms with van der Waals surface area (Å²) >= 11 is 5.72. The molecule has 0 fully saturated rings. The number of sulfonamides is 1. The Bertz CT molecular complexity index is 609. The highest BCUT2D eigenvalue weighted by Gasteiger charge is 2.16. The molecular formula is C8H7ClN4O2S. The quantitative estimate of drug-likeness (QED) is 0.852. The molecule has 0 aliphatic rings. The van der Waals surface area contributed by atoms with E-state index in [2.05, 4.69) is 10.1 Å². The van der Waals surface area contributed by atoms with Crippen molar-refractivity contribution in [2.24, 2.45) is 5.14 Å². The van der Waals surface area contributed by atoms with E-state index in [1.165, 1.54) is 29.5 Å². The van der Waals surface area contributed by atoms with Gasteiger partial charge in [-0.25, -0.2) is 23.2 Å². The minimum atomic E-state index is -3.86. The highest BCUT2D eigenvalue weighted by atomic mass is 35.5. The maximum absolute atomic E-state index is 11.4. The number of aromatic nitrogens is 3. The van der Waals surface area contributed by atoms with E-state index in [0.29, 0.717) is 5.69 Å². The number of rotatable bonds is 2. The lowest BCUT2D eigenvalue weighted by Gasteiger charge is -2.07. The summed E-state index contributed by atoms with van der Waals surface area (Å²) in [5.41, 5.74) is 0.310. The van der Waals surface area contributed by atoms with Gasteiger partial charge in [0.25, 0.3) is 0 Å². The molecule has 2 aromatic rings. The molecule has 1 aromatic carbocycles. The largest absolute Gasteiger partial charge is 0.240 e. The van der Waals surface area contributed by atoms with E-state index in [1.807, 2.05) is 0 Å².